The van der Waals surface area contributed by atoms with Crippen LogP contribution in [0.4, 0.5) is 4.39 Å². The van der Waals surface area contributed by atoms with Gasteiger partial charge in [0.25, 0.3) is 0 Å². The molecule has 0 heterocycles. The Labute approximate surface area is 64.6 Å². The summed E-state index contributed by atoms with van der Waals surface area (Å²) in [7, 11) is -3.66. The third-order valence-electron chi connectivity index (χ3n) is 1.17. The van der Waals surface area contributed by atoms with Crippen LogP contribution in [-0.4, -0.2) is 8.42 Å². The highest BCUT2D eigenvalue weighted by atomic mass is 32.2. The molecule has 0 amide bonds. The van der Waals surface area contributed by atoms with Gasteiger partial charge in [-0.2, -0.15) is 0 Å². The quantitative estimate of drug-likeness (QED) is 0.643. The summed E-state index contributed by atoms with van der Waals surface area (Å²) in [5.41, 5.74) is 0. The van der Waals surface area contributed by atoms with Gasteiger partial charge in [-0.05, 0) is 12.1 Å². The van der Waals surface area contributed by atoms with Crippen LogP contribution in [0.1, 0.15) is 0 Å². The third-order valence-corrected chi connectivity index (χ3v) is 2.17. The molecule has 1 radical (unpaired) electrons. The van der Waals surface area contributed by atoms with Crippen molar-refractivity contribution in [2.75, 3.05) is 0 Å². The minimum atomic E-state index is -3.66. The Kier molecular flexibility index (Phi) is 1.95. The fourth-order valence-corrected chi connectivity index (χ4v) is 1.35. The molecule has 0 unspecified atom stereocenters. The molecule has 4 heteroatoms. The fraction of sp³-hybridized carbons (Fsp3) is 0. The molecule has 0 bridgehead atoms. The maximum atomic E-state index is 12.7. The normalized spacial score (nSPS) is 11.5. The minimum absolute atomic E-state index is 0.361. The second-order valence-corrected chi connectivity index (χ2v) is 3.71. The van der Waals surface area contributed by atoms with Crippen LogP contribution in [-0.2, 0) is 9.84 Å². The molecule has 0 N–H and O–H groups in total. The van der Waals surface area contributed by atoms with Gasteiger partial charge in [-0.25, -0.2) is 12.8 Å². The molecule has 0 aliphatic rings. The van der Waals surface area contributed by atoms with Crippen molar-refractivity contribution < 1.29 is 12.8 Å². The first-order valence-electron chi connectivity index (χ1n) is 2.84. The van der Waals surface area contributed by atoms with E-state index in [1.165, 1.54) is 18.2 Å². The lowest BCUT2D eigenvalue weighted by Gasteiger charge is -1.97. The van der Waals surface area contributed by atoms with E-state index in [-0.39, 0.29) is 4.90 Å². The number of hydrogen-bond donors (Lipinski definition) is 0. The fourth-order valence-electron chi connectivity index (χ4n) is 0.697. The lowest BCUT2D eigenvalue weighted by atomic mass is 10.4. The van der Waals surface area contributed by atoms with E-state index in [1.807, 2.05) is 0 Å². The monoisotopic (exact) mass is 173 g/mol. The largest absolute Gasteiger partial charge is 0.224 e. The molecule has 1 aromatic rings. The van der Waals surface area contributed by atoms with Crippen molar-refractivity contribution in [3.05, 3.63) is 36.3 Å². The minimum Gasteiger partial charge on any atom is -0.224 e. The first kappa shape index (κ1) is 8.20. The van der Waals surface area contributed by atoms with E-state index in [9.17, 15) is 12.8 Å². The van der Waals surface area contributed by atoms with E-state index in [1.54, 1.807) is 0 Å². The predicted octanol–water partition coefficient (Wildman–Crippen LogP) is 1.39. The van der Waals surface area contributed by atoms with Gasteiger partial charge in [0, 0.05) is 0 Å². The van der Waals surface area contributed by atoms with Crippen LogP contribution in [0.15, 0.2) is 29.2 Å². The van der Waals surface area contributed by atoms with Crippen molar-refractivity contribution in [1.82, 2.24) is 0 Å². The lowest BCUT2D eigenvalue weighted by Crippen LogP contribution is -1.97. The van der Waals surface area contributed by atoms with Gasteiger partial charge in [0.05, 0.1) is 6.26 Å². The van der Waals surface area contributed by atoms with E-state index in [2.05, 4.69) is 6.26 Å². The Balaban J connectivity index is 3.37. The highest BCUT2D eigenvalue weighted by molar-refractivity contribution is 7.92. The van der Waals surface area contributed by atoms with Gasteiger partial charge in [0.15, 0.2) is 9.84 Å². The molecule has 0 aliphatic carbocycles. The lowest BCUT2D eigenvalue weighted by molar-refractivity contribution is 0.572. The molecule has 1 aromatic carbocycles. The summed E-state index contributed by atoms with van der Waals surface area (Å²) >= 11 is 0. The molecule has 2 nitrogen and oxygen atoms in total. The molecule has 0 fully saturated rings. The van der Waals surface area contributed by atoms with Gasteiger partial charge in [-0.1, -0.05) is 12.1 Å². The van der Waals surface area contributed by atoms with E-state index >= 15 is 0 Å². The molecule has 11 heavy (non-hydrogen) atoms. The van der Waals surface area contributed by atoms with Gasteiger partial charge in [-0.3, -0.25) is 0 Å². The number of benzene rings is 1. The van der Waals surface area contributed by atoms with Crippen molar-refractivity contribution in [1.29, 1.82) is 0 Å². The number of rotatable bonds is 1. The Morgan fingerprint density at radius 1 is 1.27 bits per heavy atom. The molecule has 0 saturated heterocycles. The van der Waals surface area contributed by atoms with E-state index in [4.69, 9.17) is 0 Å². The van der Waals surface area contributed by atoms with Gasteiger partial charge < -0.3 is 0 Å². The van der Waals surface area contributed by atoms with Crippen molar-refractivity contribution in [2.45, 2.75) is 4.90 Å². The third kappa shape index (κ3) is 1.77. The predicted molar refractivity (Wildman–Crippen MR) is 38.9 cm³/mol. The standard InChI is InChI=1S/C7H6FO2S/c1-11(9,10)7-5-3-2-4-6(7)8/h2-5H,1H2. The van der Waals surface area contributed by atoms with Crippen LogP contribution in [0.2, 0.25) is 0 Å². The number of halogens is 1. The van der Waals surface area contributed by atoms with Crippen LogP contribution < -0.4 is 0 Å². The Hall–Kier alpha value is -0.900. The van der Waals surface area contributed by atoms with Gasteiger partial charge in [0.2, 0.25) is 0 Å². The maximum absolute atomic E-state index is 12.7. The summed E-state index contributed by atoms with van der Waals surface area (Å²) in [6.45, 7) is 0. The van der Waals surface area contributed by atoms with Crippen molar-refractivity contribution in [3.63, 3.8) is 0 Å². The zero-order valence-corrected chi connectivity index (χ0v) is 6.44. The zero-order valence-electron chi connectivity index (χ0n) is 5.62. The van der Waals surface area contributed by atoms with Crippen LogP contribution >= 0.6 is 0 Å². The first-order valence-corrected chi connectivity index (χ1v) is 4.49. The first-order chi connectivity index (χ1) is 5.02. The molecule has 0 atom stereocenters. The summed E-state index contributed by atoms with van der Waals surface area (Å²) in [6, 6.07) is 5.13. The molecule has 1 rings (SSSR count). The maximum Gasteiger partial charge on any atom is 0.182 e. The molecular weight excluding hydrogens is 167 g/mol. The van der Waals surface area contributed by atoms with Crippen LogP contribution in [0, 0.1) is 12.1 Å². The second-order valence-electron chi connectivity index (χ2n) is 2.05. The molecular formula is C7H6FO2S. The van der Waals surface area contributed by atoms with Crippen LogP contribution in [0.25, 0.3) is 0 Å². The molecule has 0 saturated carbocycles. The topological polar surface area (TPSA) is 34.1 Å². The van der Waals surface area contributed by atoms with E-state index in [0.29, 0.717) is 0 Å². The van der Waals surface area contributed by atoms with Crippen LogP contribution in [0.3, 0.4) is 0 Å². The Bertz CT molecular complexity index is 356. The SMILES string of the molecule is [CH2]S(=O)(=O)c1ccccc1F. The smallest absolute Gasteiger partial charge is 0.182 e. The molecule has 59 valence electrons. The summed E-state index contributed by atoms with van der Waals surface area (Å²) < 4.78 is 34.1. The van der Waals surface area contributed by atoms with Crippen molar-refractivity contribution in [2.24, 2.45) is 0 Å². The second kappa shape index (κ2) is 2.62. The zero-order chi connectivity index (χ0) is 8.48. The average Bonchev–Trinajstić information content (AvgIpc) is 1.86. The van der Waals surface area contributed by atoms with E-state index < -0.39 is 15.7 Å². The van der Waals surface area contributed by atoms with Crippen molar-refractivity contribution >= 4 is 9.84 Å². The van der Waals surface area contributed by atoms with E-state index in [0.717, 1.165) is 6.07 Å². The highest BCUT2D eigenvalue weighted by Crippen LogP contribution is 2.13. The van der Waals surface area contributed by atoms with Gasteiger partial charge in [-0.15, -0.1) is 0 Å². The summed E-state index contributed by atoms with van der Waals surface area (Å²) in [5, 5.41) is 0. The molecule has 0 spiro atoms. The highest BCUT2D eigenvalue weighted by Gasteiger charge is 2.11. The van der Waals surface area contributed by atoms with Gasteiger partial charge >= 0.3 is 0 Å². The van der Waals surface area contributed by atoms with Crippen molar-refractivity contribution in [3.8, 4) is 0 Å². The molecule has 0 aromatic heterocycles. The Morgan fingerprint density at radius 2 is 1.82 bits per heavy atom. The number of hydrogen-bond acceptors (Lipinski definition) is 2. The Morgan fingerprint density at radius 3 is 2.18 bits per heavy atom. The van der Waals surface area contributed by atoms with Gasteiger partial charge in [0.1, 0.15) is 10.7 Å². The van der Waals surface area contributed by atoms with Crippen LogP contribution in [0.5, 0.6) is 0 Å². The molecule has 0 aliphatic heterocycles. The summed E-state index contributed by atoms with van der Waals surface area (Å²) in [6.07, 6.45) is 2.83. The summed E-state index contributed by atoms with van der Waals surface area (Å²) in [5.74, 6) is -0.762. The number of sulfone groups is 1. The average molecular weight is 173 g/mol. The summed E-state index contributed by atoms with van der Waals surface area (Å²) in [4.78, 5) is -0.361.